The Hall–Kier alpha value is -2.28. The van der Waals surface area contributed by atoms with Crippen molar-refractivity contribution in [2.24, 2.45) is 0 Å². The van der Waals surface area contributed by atoms with Gasteiger partial charge in [-0.15, -0.1) is 0 Å². The molecular formula is C17H10O. The second-order valence-electron chi connectivity index (χ2n) is 4.99. The fraction of sp³-hybridized carbons (Fsp3) is 0.0588. The summed E-state index contributed by atoms with van der Waals surface area (Å²) in [6.45, 7) is 0. The van der Waals surface area contributed by atoms with Gasteiger partial charge >= 0.3 is 0 Å². The van der Waals surface area contributed by atoms with Crippen LogP contribution in [0.5, 0.6) is 11.5 Å². The van der Waals surface area contributed by atoms with Gasteiger partial charge in [0.1, 0.15) is 0 Å². The summed E-state index contributed by atoms with van der Waals surface area (Å²) < 4.78 is 5.56. The van der Waals surface area contributed by atoms with Crippen LogP contribution < -0.4 is 4.74 Å². The van der Waals surface area contributed by atoms with Gasteiger partial charge in [0.25, 0.3) is 0 Å². The first kappa shape index (κ1) is 8.76. The van der Waals surface area contributed by atoms with Crippen molar-refractivity contribution in [1.82, 2.24) is 0 Å². The number of hydrogen-bond donors (Lipinski definition) is 0. The van der Waals surface area contributed by atoms with E-state index in [9.17, 15) is 0 Å². The number of rotatable bonds is 0. The maximum absolute atomic E-state index is 5.56. The van der Waals surface area contributed by atoms with Crippen LogP contribution in [-0.4, -0.2) is 0 Å². The van der Waals surface area contributed by atoms with Crippen LogP contribution in [0.2, 0.25) is 0 Å². The van der Waals surface area contributed by atoms with E-state index in [1.165, 1.54) is 32.7 Å². The molecule has 0 aromatic heterocycles. The molecule has 0 radical (unpaired) electrons. The van der Waals surface area contributed by atoms with E-state index in [0.29, 0.717) is 0 Å². The molecule has 1 heterocycles. The molecule has 0 saturated carbocycles. The molecule has 0 N–H and O–H groups in total. The van der Waals surface area contributed by atoms with Gasteiger partial charge in [-0.05, 0) is 39.8 Å². The zero-order valence-electron chi connectivity index (χ0n) is 9.73. The minimum absolute atomic E-state index is 1.04. The number of ether oxygens (including phenoxy) is 1. The van der Waals surface area contributed by atoms with Gasteiger partial charge in [0.2, 0.25) is 0 Å². The summed E-state index contributed by atoms with van der Waals surface area (Å²) in [7, 11) is 0. The van der Waals surface area contributed by atoms with Gasteiger partial charge in [-0.3, -0.25) is 0 Å². The molecule has 0 saturated heterocycles. The van der Waals surface area contributed by atoms with Gasteiger partial charge < -0.3 is 4.74 Å². The van der Waals surface area contributed by atoms with Gasteiger partial charge in [0.15, 0.2) is 11.5 Å². The van der Waals surface area contributed by atoms with E-state index >= 15 is 0 Å². The van der Waals surface area contributed by atoms with E-state index in [-0.39, 0.29) is 0 Å². The minimum Gasteiger partial charge on any atom is -0.449 e. The van der Waals surface area contributed by atoms with Crippen LogP contribution in [0, 0.1) is 0 Å². The molecule has 0 fully saturated rings. The van der Waals surface area contributed by atoms with Crippen LogP contribution in [-0.2, 0) is 6.42 Å². The molecule has 1 heteroatoms. The molecule has 0 bridgehead atoms. The van der Waals surface area contributed by atoms with Crippen LogP contribution in [0.1, 0.15) is 11.1 Å². The summed E-state index contributed by atoms with van der Waals surface area (Å²) in [5, 5.41) is 5.24. The maximum Gasteiger partial charge on any atom is 0.178 e. The maximum atomic E-state index is 5.56. The van der Waals surface area contributed by atoms with Gasteiger partial charge in [-0.25, -0.2) is 0 Å². The van der Waals surface area contributed by atoms with Crippen molar-refractivity contribution in [3.05, 3.63) is 53.6 Å². The number of fused-ring (bicyclic) bond motifs is 7. The number of hydrogen-bond acceptors (Lipinski definition) is 1. The quantitative estimate of drug-likeness (QED) is 0.316. The lowest BCUT2D eigenvalue weighted by Crippen LogP contribution is -1.85. The monoisotopic (exact) mass is 230 g/mol. The lowest BCUT2D eigenvalue weighted by atomic mass is 9.96. The van der Waals surface area contributed by atoms with Gasteiger partial charge in [-0.2, -0.15) is 0 Å². The average Bonchev–Trinajstić information content (AvgIpc) is 3.05. The molecule has 0 spiro atoms. The van der Waals surface area contributed by atoms with Gasteiger partial charge in [-0.1, -0.05) is 42.5 Å². The second-order valence-corrected chi connectivity index (χ2v) is 4.99. The van der Waals surface area contributed by atoms with Crippen LogP contribution >= 0.6 is 0 Å². The first-order chi connectivity index (χ1) is 8.92. The molecule has 3 aromatic carbocycles. The molecule has 1 aliphatic heterocycles. The summed E-state index contributed by atoms with van der Waals surface area (Å²) in [5.74, 6) is 2.11. The lowest BCUT2D eigenvalue weighted by molar-refractivity contribution is 0.653. The van der Waals surface area contributed by atoms with Crippen molar-refractivity contribution >= 4 is 27.6 Å². The lowest BCUT2D eigenvalue weighted by Gasteiger charge is -2.07. The summed E-state index contributed by atoms with van der Waals surface area (Å²) in [5.41, 5.74) is 2.81. The standard InChI is InChI=1S/C17H10O/c1-2-10-4-8-14-13(12(10)3-1)7-5-11-6-9-15-17(18-15)16(11)14/h1-2,4-9H,3H2. The van der Waals surface area contributed by atoms with Crippen LogP contribution in [0.3, 0.4) is 0 Å². The topological polar surface area (TPSA) is 12.5 Å². The van der Waals surface area contributed by atoms with E-state index < -0.39 is 0 Å². The first-order valence-electron chi connectivity index (χ1n) is 6.27. The predicted octanol–water partition coefficient (Wildman–Crippen LogP) is 4.67. The third-order valence-electron chi connectivity index (χ3n) is 4.04. The van der Waals surface area contributed by atoms with Crippen LogP contribution in [0.4, 0.5) is 0 Å². The van der Waals surface area contributed by atoms with E-state index in [1.807, 2.05) is 0 Å². The molecule has 3 aromatic rings. The summed E-state index contributed by atoms with van der Waals surface area (Å²) in [6.07, 6.45) is 5.50. The Morgan fingerprint density at radius 1 is 0.889 bits per heavy atom. The summed E-state index contributed by atoms with van der Waals surface area (Å²) in [6, 6.07) is 13.1. The Morgan fingerprint density at radius 2 is 1.78 bits per heavy atom. The largest absolute Gasteiger partial charge is 0.449 e. The molecule has 2 aliphatic rings. The van der Waals surface area contributed by atoms with Gasteiger partial charge in [0.05, 0.1) is 0 Å². The molecule has 0 amide bonds. The highest BCUT2D eigenvalue weighted by molar-refractivity contribution is 6.14. The van der Waals surface area contributed by atoms with E-state index in [4.69, 9.17) is 4.74 Å². The highest BCUT2D eigenvalue weighted by Gasteiger charge is 2.24. The Bertz CT molecular complexity index is 872. The molecule has 0 atom stereocenters. The minimum atomic E-state index is 1.04. The predicted molar refractivity (Wildman–Crippen MR) is 74.3 cm³/mol. The third kappa shape index (κ3) is 0.935. The molecule has 1 aliphatic carbocycles. The number of benzene rings is 3. The van der Waals surface area contributed by atoms with Crippen LogP contribution in [0.15, 0.2) is 42.5 Å². The van der Waals surface area contributed by atoms with E-state index in [2.05, 4.69) is 48.6 Å². The molecule has 18 heavy (non-hydrogen) atoms. The number of allylic oxidation sites excluding steroid dienone is 1. The van der Waals surface area contributed by atoms with Crippen molar-refractivity contribution in [2.75, 3.05) is 0 Å². The highest BCUT2D eigenvalue weighted by atomic mass is 16.6. The van der Waals surface area contributed by atoms with Crippen molar-refractivity contribution in [3.63, 3.8) is 0 Å². The van der Waals surface area contributed by atoms with E-state index in [1.54, 1.807) is 0 Å². The molecule has 0 unspecified atom stereocenters. The first-order valence-corrected chi connectivity index (χ1v) is 6.27. The van der Waals surface area contributed by atoms with Crippen LogP contribution in [0.25, 0.3) is 27.6 Å². The average molecular weight is 230 g/mol. The van der Waals surface area contributed by atoms with E-state index in [0.717, 1.165) is 17.9 Å². The Balaban J connectivity index is 2.04. The Morgan fingerprint density at radius 3 is 2.78 bits per heavy atom. The zero-order valence-corrected chi connectivity index (χ0v) is 9.73. The second kappa shape index (κ2) is 2.75. The molecule has 1 nitrogen and oxygen atoms in total. The van der Waals surface area contributed by atoms with Gasteiger partial charge in [0, 0.05) is 5.39 Å². The Kier molecular flexibility index (Phi) is 1.34. The third-order valence-corrected chi connectivity index (χ3v) is 4.04. The summed E-state index contributed by atoms with van der Waals surface area (Å²) >= 11 is 0. The molecular weight excluding hydrogens is 220 g/mol. The van der Waals surface area contributed by atoms with Crippen molar-refractivity contribution < 1.29 is 4.74 Å². The fourth-order valence-corrected chi connectivity index (χ4v) is 3.12. The fourth-order valence-electron chi connectivity index (χ4n) is 3.12. The van der Waals surface area contributed by atoms with Crippen molar-refractivity contribution in [1.29, 1.82) is 0 Å². The SMILES string of the molecule is C1=Cc2ccc3c(ccc4ccc5c(c43)O5)c2C1. The smallest absolute Gasteiger partial charge is 0.178 e. The normalized spacial score (nSPS) is 14.7. The molecule has 5 rings (SSSR count). The summed E-state index contributed by atoms with van der Waals surface area (Å²) in [4.78, 5) is 0. The Labute approximate surface area is 104 Å². The van der Waals surface area contributed by atoms with Crippen molar-refractivity contribution in [2.45, 2.75) is 6.42 Å². The zero-order chi connectivity index (χ0) is 11.7. The van der Waals surface area contributed by atoms with Crippen molar-refractivity contribution in [3.8, 4) is 11.5 Å². The molecule has 84 valence electrons. The highest BCUT2D eigenvalue weighted by Crippen LogP contribution is 2.52.